The smallest absolute Gasteiger partial charge is 0.240 e. The van der Waals surface area contributed by atoms with E-state index in [0.29, 0.717) is 19.0 Å². The van der Waals surface area contributed by atoms with E-state index in [-0.39, 0.29) is 22.5 Å². The Bertz CT molecular complexity index is 558. The molecule has 1 rings (SSSR count). The molecule has 0 amide bonds. The lowest BCUT2D eigenvalue weighted by molar-refractivity contribution is 0.116. The molecule has 0 aliphatic carbocycles. The molecular weight excluding hydrogens is 292 g/mol. The van der Waals surface area contributed by atoms with Crippen LogP contribution in [0.3, 0.4) is 0 Å². The highest BCUT2D eigenvalue weighted by Gasteiger charge is 2.23. The van der Waals surface area contributed by atoms with E-state index < -0.39 is 10.0 Å². The van der Waals surface area contributed by atoms with Crippen molar-refractivity contribution in [1.29, 1.82) is 0 Å². The van der Waals surface area contributed by atoms with Crippen molar-refractivity contribution in [3.63, 3.8) is 0 Å². The second kappa shape index (κ2) is 7.63. The molecule has 120 valence electrons. The van der Waals surface area contributed by atoms with E-state index in [9.17, 15) is 8.42 Å². The number of ether oxygens (including phenoxy) is 2. The Balaban J connectivity index is 2.96. The van der Waals surface area contributed by atoms with Crippen LogP contribution in [0.1, 0.15) is 20.8 Å². The number of nitrogens with two attached hydrogens (primary N) is 1. The van der Waals surface area contributed by atoms with Crippen LogP contribution in [0.4, 0.5) is 5.69 Å². The molecule has 0 saturated heterocycles. The second-order valence-corrected chi connectivity index (χ2v) is 6.75. The predicted octanol–water partition coefficient (Wildman–Crippen LogP) is 1.62. The highest BCUT2D eigenvalue weighted by molar-refractivity contribution is 7.89. The fourth-order valence-corrected chi connectivity index (χ4v) is 3.16. The SMILES string of the molecule is CCOCC(NS(=O)(=O)c1ccc(OC)c(N)c1)C(C)C. The van der Waals surface area contributed by atoms with Crippen molar-refractivity contribution in [3.8, 4) is 5.75 Å². The fraction of sp³-hybridized carbons (Fsp3) is 0.571. The van der Waals surface area contributed by atoms with Crippen LogP contribution >= 0.6 is 0 Å². The zero-order chi connectivity index (χ0) is 16.0. The zero-order valence-corrected chi connectivity index (χ0v) is 13.7. The summed E-state index contributed by atoms with van der Waals surface area (Å²) in [5, 5.41) is 0. The Kier molecular flexibility index (Phi) is 6.44. The lowest BCUT2D eigenvalue weighted by atomic mass is 10.1. The highest BCUT2D eigenvalue weighted by Crippen LogP contribution is 2.24. The lowest BCUT2D eigenvalue weighted by Gasteiger charge is -2.22. The van der Waals surface area contributed by atoms with Gasteiger partial charge in [0.15, 0.2) is 0 Å². The molecule has 1 aromatic rings. The first-order valence-electron chi connectivity index (χ1n) is 6.85. The third-order valence-electron chi connectivity index (χ3n) is 3.12. The van der Waals surface area contributed by atoms with Gasteiger partial charge in [-0.25, -0.2) is 13.1 Å². The maximum atomic E-state index is 12.4. The second-order valence-electron chi connectivity index (χ2n) is 5.04. The van der Waals surface area contributed by atoms with Crippen molar-refractivity contribution in [2.75, 3.05) is 26.1 Å². The average molecular weight is 316 g/mol. The fourth-order valence-electron chi connectivity index (χ4n) is 1.75. The maximum absolute atomic E-state index is 12.4. The molecule has 0 aliphatic heterocycles. The summed E-state index contributed by atoms with van der Waals surface area (Å²) in [7, 11) is -2.17. The van der Waals surface area contributed by atoms with Gasteiger partial charge in [-0.2, -0.15) is 0 Å². The van der Waals surface area contributed by atoms with E-state index in [1.54, 1.807) is 0 Å². The summed E-state index contributed by atoms with van der Waals surface area (Å²) in [6.07, 6.45) is 0. The topological polar surface area (TPSA) is 90.6 Å². The van der Waals surface area contributed by atoms with Crippen molar-refractivity contribution < 1.29 is 17.9 Å². The van der Waals surface area contributed by atoms with Crippen LogP contribution in [-0.2, 0) is 14.8 Å². The Labute approximate surface area is 126 Å². The summed E-state index contributed by atoms with van der Waals surface area (Å²) in [5.74, 6) is 0.561. The summed E-state index contributed by atoms with van der Waals surface area (Å²) in [6.45, 7) is 6.62. The van der Waals surface area contributed by atoms with Gasteiger partial charge in [-0.05, 0) is 31.0 Å². The van der Waals surface area contributed by atoms with E-state index in [0.717, 1.165) is 0 Å². The van der Waals surface area contributed by atoms with E-state index >= 15 is 0 Å². The summed E-state index contributed by atoms with van der Waals surface area (Å²) in [4.78, 5) is 0.114. The Hall–Kier alpha value is -1.31. The van der Waals surface area contributed by atoms with Gasteiger partial charge in [0, 0.05) is 12.6 Å². The monoisotopic (exact) mass is 316 g/mol. The third kappa shape index (κ3) is 4.87. The maximum Gasteiger partial charge on any atom is 0.240 e. The molecule has 0 aliphatic rings. The van der Waals surface area contributed by atoms with Crippen molar-refractivity contribution in [1.82, 2.24) is 4.72 Å². The minimum atomic E-state index is -3.65. The molecule has 0 heterocycles. The first-order chi connectivity index (χ1) is 9.81. The van der Waals surface area contributed by atoms with Crippen LogP contribution in [0.5, 0.6) is 5.75 Å². The Morgan fingerprint density at radius 3 is 2.48 bits per heavy atom. The molecule has 0 spiro atoms. The first-order valence-corrected chi connectivity index (χ1v) is 8.33. The van der Waals surface area contributed by atoms with Gasteiger partial charge in [-0.15, -0.1) is 0 Å². The molecule has 6 nitrogen and oxygen atoms in total. The number of nitrogen functional groups attached to an aromatic ring is 1. The number of hydrogen-bond acceptors (Lipinski definition) is 5. The number of sulfonamides is 1. The van der Waals surface area contributed by atoms with Crippen molar-refractivity contribution >= 4 is 15.7 Å². The number of methoxy groups -OCH3 is 1. The molecule has 0 aromatic heterocycles. The summed E-state index contributed by atoms with van der Waals surface area (Å²) >= 11 is 0. The van der Waals surface area contributed by atoms with Crippen molar-refractivity contribution in [2.24, 2.45) is 5.92 Å². The Morgan fingerprint density at radius 1 is 1.33 bits per heavy atom. The van der Waals surface area contributed by atoms with Crippen LogP contribution in [0.2, 0.25) is 0 Å². The van der Waals surface area contributed by atoms with Gasteiger partial charge in [0.25, 0.3) is 0 Å². The number of rotatable bonds is 8. The molecule has 1 aromatic carbocycles. The standard InChI is InChI=1S/C14H24N2O4S/c1-5-20-9-13(10(2)3)16-21(17,18)11-6-7-14(19-4)12(15)8-11/h6-8,10,13,16H,5,9,15H2,1-4H3. The molecule has 21 heavy (non-hydrogen) atoms. The normalized spacial score (nSPS) is 13.4. The largest absolute Gasteiger partial charge is 0.495 e. The van der Waals surface area contributed by atoms with Crippen LogP contribution in [0, 0.1) is 5.92 Å². The van der Waals surface area contributed by atoms with Gasteiger partial charge in [-0.1, -0.05) is 13.8 Å². The molecule has 0 saturated carbocycles. The number of anilines is 1. The quantitative estimate of drug-likeness (QED) is 0.711. The Morgan fingerprint density at radius 2 is 2.00 bits per heavy atom. The zero-order valence-electron chi connectivity index (χ0n) is 12.9. The predicted molar refractivity (Wildman–Crippen MR) is 82.8 cm³/mol. The molecule has 1 atom stereocenters. The van der Waals surface area contributed by atoms with Crippen molar-refractivity contribution in [3.05, 3.63) is 18.2 Å². The number of hydrogen-bond donors (Lipinski definition) is 2. The number of benzene rings is 1. The highest BCUT2D eigenvalue weighted by atomic mass is 32.2. The van der Waals surface area contributed by atoms with E-state index in [1.807, 2.05) is 20.8 Å². The molecule has 7 heteroatoms. The molecule has 0 bridgehead atoms. The van der Waals surface area contributed by atoms with Gasteiger partial charge < -0.3 is 15.2 Å². The molecular formula is C14H24N2O4S. The van der Waals surface area contributed by atoms with Gasteiger partial charge >= 0.3 is 0 Å². The molecule has 3 N–H and O–H groups in total. The van der Waals surface area contributed by atoms with Gasteiger partial charge in [0.2, 0.25) is 10.0 Å². The first kappa shape index (κ1) is 17.7. The van der Waals surface area contributed by atoms with E-state index in [2.05, 4.69) is 4.72 Å². The minimum absolute atomic E-state index is 0.113. The van der Waals surface area contributed by atoms with Crippen LogP contribution < -0.4 is 15.2 Å². The third-order valence-corrected chi connectivity index (χ3v) is 4.61. The summed E-state index contributed by atoms with van der Waals surface area (Å²) < 4.78 is 37.8. The van der Waals surface area contributed by atoms with Crippen LogP contribution in [0.15, 0.2) is 23.1 Å². The van der Waals surface area contributed by atoms with E-state index in [1.165, 1.54) is 25.3 Å². The van der Waals surface area contributed by atoms with Crippen LogP contribution in [-0.4, -0.2) is 34.8 Å². The lowest BCUT2D eigenvalue weighted by Crippen LogP contribution is -2.41. The number of nitrogens with one attached hydrogen (secondary N) is 1. The summed E-state index contributed by atoms with van der Waals surface area (Å²) in [5.41, 5.74) is 6.04. The van der Waals surface area contributed by atoms with E-state index in [4.69, 9.17) is 15.2 Å². The summed E-state index contributed by atoms with van der Waals surface area (Å²) in [6, 6.07) is 4.10. The van der Waals surface area contributed by atoms with Crippen molar-refractivity contribution in [2.45, 2.75) is 31.7 Å². The minimum Gasteiger partial charge on any atom is -0.495 e. The molecule has 0 fully saturated rings. The van der Waals surface area contributed by atoms with Gasteiger partial charge in [0.1, 0.15) is 5.75 Å². The van der Waals surface area contributed by atoms with Gasteiger partial charge in [0.05, 0.1) is 24.3 Å². The molecule has 0 radical (unpaired) electrons. The average Bonchev–Trinajstić information content (AvgIpc) is 2.43. The van der Waals surface area contributed by atoms with Crippen LogP contribution in [0.25, 0.3) is 0 Å². The molecule has 1 unspecified atom stereocenters. The van der Waals surface area contributed by atoms with Gasteiger partial charge in [-0.3, -0.25) is 0 Å².